The minimum atomic E-state index is -2.33. The summed E-state index contributed by atoms with van der Waals surface area (Å²) >= 11 is 0. The molecule has 3 aliphatic heterocycles. The second-order valence-corrected chi connectivity index (χ2v) is 17.6. The van der Waals surface area contributed by atoms with Crippen LogP contribution in [0.2, 0.25) is 0 Å². The highest BCUT2D eigenvalue weighted by Gasteiger charge is 2.51. The number of aliphatic carboxylic acids is 1. The number of carbonyl (C=O) groups is 2. The van der Waals surface area contributed by atoms with Crippen LogP contribution >= 0.6 is 0 Å². The Hall–Kier alpha value is -3.44. The number of hydrogen-bond donors (Lipinski definition) is 12. The third kappa shape index (κ3) is 18.6. The van der Waals surface area contributed by atoms with Crippen molar-refractivity contribution in [2.45, 2.75) is 177 Å². The van der Waals surface area contributed by atoms with Gasteiger partial charge in [-0.05, 0) is 33.1 Å². The Balaban J connectivity index is 1.86. The fraction of sp³-hybridized carbons (Fsp3) is 0.660. The summed E-state index contributed by atoms with van der Waals surface area (Å²) in [4.78, 5) is 25.1. The molecule has 2 saturated heterocycles. The van der Waals surface area contributed by atoms with Crippen LogP contribution in [0.1, 0.15) is 79.1 Å². The molecule has 65 heavy (non-hydrogen) atoms. The minimum Gasteiger partial charge on any atom is -0.481 e. The van der Waals surface area contributed by atoms with Crippen LogP contribution in [-0.4, -0.2) is 166 Å². The van der Waals surface area contributed by atoms with Gasteiger partial charge in [0.1, 0.15) is 18.1 Å². The maximum Gasteiger partial charge on any atom is 0.311 e. The number of carboxylic acid groups (broad SMARTS) is 1. The maximum atomic E-state index is 12.6. The first-order valence-corrected chi connectivity index (χ1v) is 22.3. The standard InChI is InChI=1S/C47H73NO17/c1-27-17-15-13-11-9-7-5-6-8-10-12-14-16-18-34(64-46-44(58)41(48)43(57)30(4)63-46)24-38-40(45(59)60)37(54)26-47(61,65-38)25-33(51)22-36(53)35(52)20-19-31(49)21-32(50)23-39(55)62-29(3)28(2)42(27)56/h5-18,27-38,40-44,46,49-54,56-58,61H,19-26,48H2,1-4H3,(H,59,60)/b6-5+,9-7+,10-8+,13-11+,14-12+,17-15+,18-16+/t27-,28-,29-,30+,31?,32?,33?,34?,35?,36?,37-,38-,40+,41-,42?,43?,44-,46?,47?/m0/s1. The summed E-state index contributed by atoms with van der Waals surface area (Å²) < 4.78 is 23.1. The van der Waals surface area contributed by atoms with Crippen molar-refractivity contribution in [1.82, 2.24) is 0 Å². The van der Waals surface area contributed by atoms with Crippen molar-refractivity contribution in [2.24, 2.45) is 23.5 Å². The molecule has 3 rings (SSSR count). The first-order valence-electron chi connectivity index (χ1n) is 22.3. The first-order chi connectivity index (χ1) is 30.6. The largest absolute Gasteiger partial charge is 0.481 e. The van der Waals surface area contributed by atoms with Crippen molar-refractivity contribution in [2.75, 3.05) is 0 Å². The number of fused-ring (bicyclic) bond motifs is 2. The van der Waals surface area contributed by atoms with Gasteiger partial charge in [0.15, 0.2) is 12.1 Å². The zero-order valence-corrected chi connectivity index (χ0v) is 37.6. The number of cyclic esters (lactones) is 1. The molecule has 0 spiro atoms. The zero-order valence-electron chi connectivity index (χ0n) is 37.6. The van der Waals surface area contributed by atoms with Crippen LogP contribution in [0.5, 0.6) is 0 Å². The number of aliphatic hydroxyl groups excluding tert-OH is 9. The molecule has 0 aromatic heterocycles. The molecule has 18 nitrogen and oxygen atoms in total. The average molecular weight is 924 g/mol. The van der Waals surface area contributed by atoms with Crippen LogP contribution in [-0.2, 0) is 28.5 Å². The monoisotopic (exact) mass is 923 g/mol. The molecule has 2 fully saturated rings. The number of esters is 1. The molecule has 0 aromatic rings. The molecule has 2 bridgehead atoms. The highest BCUT2D eigenvalue weighted by atomic mass is 16.7. The van der Waals surface area contributed by atoms with E-state index in [1.807, 2.05) is 19.1 Å². The predicted octanol–water partition coefficient (Wildman–Crippen LogP) is 0.712. The SMILES string of the molecule is C[C@@H]1OC(=O)CC(O)CC(O)CCC(O)C(O)CC(O)CC2(O)C[C@H](O)[C@@H](C(=O)O)[C@H](CC(OC3O[C@H](C)C(O)[C@H](N)[C@@H]3O)/C=C/C=C/C=C/C=C/C=C/C=C/C=C/[C@H](C)C(O)[C@H]1C)O2. The van der Waals surface area contributed by atoms with Gasteiger partial charge in [-0.25, -0.2) is 0 Å². The molecule has 0 saturated carbocycles. The van der Waals surface area contributed by atoms with Gasteiger partial charge < -0.3 is 80.9 Å². The maximum absolute atomic E-state index is 12.6. The lowest BCUT2D eigenvalue weighted by Crippen LogP contribution is -2.61. The van der Waals surface area contributed by atoms with Gasteiger partial charge in [0.2, 0.25) is 0 Å². The zero-order chi connectivity index (χ0) is 48.4. The fourth-order valence-electron chi connectivity index (χ4n) is 7.97. The lowest BCUT2D eigenvalue weighted by molar-refractivity contribution is -0.308. The van der Waals surface area contributed by atoms with Crippen LogP contribution in [0.3, 0.4) is 0 Å². The normalized spacial score (nSPS) is 45.5. The second-order valence-electron chi connectivity index (χ2n) is 17.6. The Kier molecular flexibility index (Phi) is 23.6. The molecule has 0 radical (unpaired) electrons. The molecule has 3 aliphatic rings. The second kappa shape index (κ2) is 27.4. The molecule has 13 N–H and O–H groups in total. The third-order valence-corrected chi connectivity index (χ3v) is 12.0. The molecule has 19 atom stereocenters. The number of nitrogens with two attached hydrogens (primary N) is 1. The molecular formula is C47H73NO17. The van der Waals surface area contributed by atoms with E-state index in [0.29, 0.717) is 0 Å². The fourth-order valence-corrected chi connectivity index (χ4v) is 7.97. The van der Waals surface area contributed by atoms with Crippen LogP contribution < -0.4 is 5.73 Å². The number of allylic oxidation sites excluding steroid dienone is 12. The number of carboxylic acids is 1. The van der Waals surface area contributed by atoms with E-state index < -0.39 is 147 Å². The summed E-state index contributed by atoms with van der Waals surface area (Å²) in [5, 5.41) is 118. The van der Waals surface area contributed by atoms with Crippen molar-refractivity contribution in [3.63, 3.8) is 0 Å². The Bertz CT molecular complexity index is 1670. The van der Waals surface area contributed by atoms with Gasteiger partial charge in [0.25, 0.3) is 0 Å². The highest BCUT2D eigenvalue weighted by molar-refractivity contribution is 5.71. The van der Waals surface area contributed by atoms with Gasteiger partial charge in [-0.2, -0.15) is 0 Å². The molecular weight excluding hydrogens is 851 g/mol. The van der Waals surface area contributed by atoms with Gasteiger partial charge in [0, 0.05) is 37.5 Å². The summed E-state index contributed by atoms with van der Waals surface area (Å²) in [7, 11) is 0. The third-order valence-electron chi connectivity index (χ3n) is 12.0. The number of rotatable bonds is 3. The van der Waals surface area contributed by atoms with E-state index in [2.05, 4.69) is 0 Å². The Morgan fingerprint density at radius 3 is 1.82 bits per heavy atom. The Morgan fingerprint density at radius 2 is 1.23 bits per heavy atom. The quantitative estimate of drug-likeness (QED) is 0.174. The summed E-state index contributed by atoms with van der Waals surface area (Å²) in [6.07, 6.45) is 3.46. The molecule has 0 aliphatic carbocycles. The lowest BCUT2D eigenvalue weighted by atomic mass is 9.82. The predicted molar refractivity (Wildman–Crippen MR) is 237 cm³/mol. The topological polar surface area (TPSA) is 320 Å². The van der Waals surface area contributed by atoms with E-state index in [-0.39, 0.29) is 31.6 Å². The van der Waals surface area contributed by atoms with E-state index in [1.54, 1.807) is 80.7 Å². The molecule has 10 unspecified atom stereocenters. The summed E-state index contributed by atoms with van der Waals surface area (Å²) in [5.74, 6) is -6.83. The van der Waals surface area contributed by atoms with Gasteiger partial charge in [-0.15, -0.1) is 0 Å². The van der Waals surface area contributed by atoms with E-state index in [1.165, 1.54) is 13.0 Å². The Morgan fingerprint density at radius 1 is 0.662 bits per heavy atom. The summed E-state index contributed by atoms with van der Waals surface area (Å²) in [5.41, 5.74) is 6.02. The molecule has 3 heterocycles. The van der Waals surface area contributed by atoms with Gasteiger partial charge in [0.05, 0.1) is 79.6 Å². The van der Waals surface area contributed by atoms with E-state index in [9.17, 15) is 65.8 Å². The van der Waals surface area contributed by atoms with Crippen molar-refractivity contribution in [3.8, 4) is 0 Å². The first kappa shape index (κ1) is 55.9. The number of ether oxygens (including phenoxy) is 4. The van der Waals surface area contributed by atoms with Crippen molar-refractivity contribution < 1.29 is 84.7 Å². The molecule has 368 valence electrons. The number of carbonyl (C=O) groups excluding carboxylic acids is 1. The van der Waals surface area contributed by atoms with Crippen molar-refractivity contribution in [1.29, 1.82) is 0 Å². The van der Waals surface area contributed by atoms with Gasteiger partial charge in [-0.1, -0.05) is 98.9 Å². The smallest absolute Gasteiger partial charge is 0.311 e. The average Bonchev–Trinajstić information content (AvgIpc) is 3.21. The summed E-state index contributed by atoms with van der Waals surface area (Å²) in [6.45, 7) is 6.74. The highest BCUT2D eigenvalue weighted by Crippen LogP contribution is 2.38. The molecule has 18 heteroatoms. The minimum absolute atomic E-state index is 0.107. The van der Waals surface area contributed by atoms with E-state index in [4.69, 9.17) is 24.7 Å². The number of hydrogen-bond acceptors (Lipinski definition) is 17. The van der Waals surface area contributed by atoms with Crippen LogP contribution in [0.25, 0.3) is 0 Å². The number of aliphatic hydroxyl groups is 10. The molecule has 0 aromatic carbocycles. The van der Waals surface area contributed by atoms with Crippen molar-refractivity contribution in [3.05, 3.63) is 85.1 Å². The van der Waals surface area contributed by atoms with Crippen LogP contribution in [0, 0.1) is 17.8 Å². The van der Waals surface area contributed by atoms with Crippen LogP contribution in [0.15, 0.2) is 85.1 Å². The van der Waals surface area contributed by atoms with Gasteiger partial charge >= 0.3 is 11.9 Å². The lowest BCUT2D eigenvalue weighted by Gasteiger charge is -2.45. The van der Waals surface area contributed by atoms with E-state index in [0.717, 1.165) is 0 Å². The van der Waals surface area contributed by atoms with Gasteiger partial charge in [-0.3, -0.25) is 9.59 Å². The van der Waals surface area contributed by atoms with Crippen molar-refractivity contribution >= 4 is 11.9 Å². The summed E-state index contributed by atoms with van der Waals surface area (Å²) in [6, 6.07) is -1.15. The molecule has 0 amide bonds. The Labute approximate surface area is 381 Å². The van der Waals surface area contributed by atoms with E-state index >= 15 is 0 Å². The van der Waals surface area contributed by atoms with Crippen LogP contribution in [0.4, 0.5) is 0 Å².